The zero-order valence-corrected chi connectivity index (χ0v) is 11.4. The fourth-order valence-corrected chi connectivity index (χ4v) is 2.56. The number of terminal acetylenes is 1. The van der Waals surface area contributed by atoms with Gasteiger partial charge in [-0.2, -0.15) is 0 Å². The smallest absolute Gasteiger partial charge is 0.240 e. The van der Waals surface area contributed by atoms with E-state index in [9.17, 15) is 8.42 Å². The van der Waals surface area contributed by atoms with Gasteiger partial charge < -0.3 is 5.32 Å². The van der Waals surface area contributed by atoms with Crippen LogP contribution in [0, 0.1) is 12.3 Å². The van der Waals surface area contributed by atoms with Crippen LogP contribution in [0.15, 0.2) is 29.2 Å². The van der Waals surface area contributed by atoms with Gasteiger partial charge in [0.1, 0.15) is 0 Å². The number of nitrogens with one attached hydrogen (secondary N) is 2. The monoisotopic (exact) mass is 266 g/mol. The van der Waals surface area contributed by atoms with Crippen LogP contribution < -0.4 is 10.0 Å². The van der Waals surface area contributed by atoms with Crippen molar-refractivity contribution in [3.63, 3.8) is 0 Å². The van der Waals surface area contributed by atoms with Gasteiger partial charge in [0.25, 0.3) is 0 Å². The Morgan fingerprint density at radius 3 is 2.44 bits per heavy atom. The molecule has 1 unspecified atom stereocenters. The van der Waals surface area contributed by atoms with Crippen LogP contribution in [-0.4, -0.2) is 21.0 Å². The van der Waals surface area contributed by atoms with Crippen molar-refractivity contribution in [2.24, 2.45) is 0 Å². The largest absolute Gasteiger partial charge is 0.382 e. The fourth-order valence-electron chi connectivity index (χ4n) is 1.52. The summed E-state index contributed by atoms with van der Waals surface area (Å²) in [4.78, 5) is 0.263. The van der Waals surface area contributed by atoms with Crippen molar-refractivity contribution < 1.29 is 8.42 Å². The maximum atomic E-state index is 11.7. The summed E-state index contributed by atoms with van der Waals surface area (Å²) in [5.41, 5.74) is 0.855. The van der Waals surface area contributed by atoms with E-state index < -0.39 is 10.0 Å². The lowest BCUT2D eigenvalue weighted by atomic mass is 10.2. The first kappa shape index (κ1) is 14.6. The van der Waals surface area contributed by atoms with E-state index in [2.05, 4.69) is 16.0 Å². The topological polar surface area (TPSA) is 58.2 Å². The summed E-state index contributed by atoms with van der Waals surface area (Å²) in [7, 11) is -3.38. The summed E-state index contributed by atoms with van der Waals surface area (Å²) < 4.78 is 25.9. The summed E-state index contributed by atoms with van der Waals surface area (Å²) in [6.45, 7) is 4.10. The van der Waals surface area contributed by atoms with E-state index in [1.54, 1.807) is 31.2 Å². The predicted molar refractivity (Wildman–Crippen MR) is 73.8 cm³/mol. The van der Waals surface area contributed by atoms with Gasteiger partial charge in [-0.25, -0.2) is 13.1 Å². The van der Waals surface area contributed by atoms with Gasteiger partial charge in [-0.05, 0) is 31.2 Å². The van der Waals surface area contributed by atoms with Crippen molar-refractivity contribution in [1.82, 2.24) is 4.72 Å². The van der Waals surface area contributed by atoms with Crippen molar-refractivity contribution in [2.75, 3.05) is 11.9 Å². The molecule has 5 heteroatoms. The molecule has 4 nitrogen and oxygen atoms in total. The zero-order chi connectivity index (χ0) is 13.6. The van der Waals surface area contributed by atoms with Crippen LogP contribution >= 0.6 is 0 Å². The molecule has 0 aromatic heterocycles. The molecule has 0 amide bonds. The molecular weight excluding hydrogens is 248 g/mol. The van der Waals surface area contributed by atoms with Crippen LogP contribution in [0.4, 0.5) is 5.69 Å². The Bertz CT molecular complexity index is 515. The van der Waals surface area contributed by atoms with Crippen molar-refractivity contribution in [2.45, 2.75) is 31.2 Å². The molecule has 1 aromatic rings. The Balaban J connectivity index is 2.78. The van der Waals surface area contributed by atoms with E-state index >= 15 is 0 Å². The predicted octanol–water partition coefficient (Wildman–Crippen LogP) is 1.81. The Kier molecular flexibility index (Phi) is 5.20. The highest BCUT2D eigenvalue weighted by Gasteiger charge is 2.11. The summed E-state index contributed by atoms with van der Waals surface area (Å²) in [6.07, 6.45) is 5.84. The van der Waals surface area contributed by atoms with E-state index in [1.807, 2.05) is 6.92 Å². The van der Waals surface area contributed by atoms with E-state index in [0.29, 0.717) is 13.0 Å². The average Bonchev–Trinajstić information content (AvgIpc) is 2.30. The molecule has 0 aliphatic rings. The summed E-state index contributed by atoms with van der Waals surface area (Å²) >= 11 is 0. The van der Waals surface area contributed by atoms with Crippen LogP contribution in [-0.2, 0) is 10.0 Å². The van der Waals surface area contributed by atoms with E-state index in [0.717, 1.165) is 5.69 Å². The Labute approximate surface area is 109 Å². The molecule has 0 aliphatic heterocycles. The highest BCUT2D eigenvalue weighted by Crippen LogP contribution is 2.15. The molecule has 18 heavy (non-hydrogen) atoms. The van der Waals surface area contributed by atoms with Gasteiger partial charge in [0.2, 0.25) is 10.0 Å². The Morgan fingerprint density at radius 1 is 1.33 bits per heavy atom. The number of hydrogen-bond acceptors (Lipinski definition) is 3. The molecule has 0 radical (unpaired) electrons. The van der Waals surface area contributed by atoms with E-state index in [-0.39, 0.29) is 10.9 Å². The standard InChI is InChI=1S/C13H18N2O2S/c1-4-6-11(3)15-12-7-9-13(10-8-12)18(16,17)14-5-2/h1,7-11,14-15H,5-6H2,2-3H3. The lowest BCUT2D eigenvalue weighted by molar-refractivity contribution is 0.584. The molecule has 0 bridgehead atoms. The second-order valence-electron chi connectivity index (χ2n) is 3.98. The van der Waals surface area contributed by atoms with Gasteiger partial charge in [-0.1, -0.05) is 6.92 Å². The third kappa shape index (κ3) is 4.06. The van der Waals surface area contributed by atoms with Crippen molar-refractivity contribution in [3.8, 4) is 12.3 Å². The molecular formula is C13H18N2O2S. The molecule has 2 N–H and O–H groups in total. The SMILES string of the molecule is C#CCC(C)Nc1ccc(S(=O)(=O)NCC)cc1. The minimum absolute atomic E-state index is 0.159. The lowest BCUT2D eigenvalue weighted by Crippen LogP contribution is -2.23. The molecule has 0 aliphatic carbocycles. The second-order valence-corrected chi connectivity index (χ2v) is 5.75. The van der Waals surface area contributed by atoms with Crippen LogP contribution in [0.5, 0.6) is 0 Å². The molecule has 0 fully saturated rings. The highest BCUT2D eigenvalue weighted by atomic mass is 32.2. The minimum Gasteiger partial charge on any atom is -0.382 e. The number of hydrogen-bond donors (Lipinski definition) is 2. The molecule has 0 saturated heterocycles. The van der Waals surface area contributed by atoms with Gasteiger partial charge in [0.05, 0.1) is 4.90 Å². The first-order chi connectivity index (χ1) is 8.49. The zero-order valence-electron chi connectivity index (χ0n) is 10.6. The van der Waals surface area contributed by atoms with Crippen molar-refractivity contribution in [1.29, 1.82) is 0 Å². The third-order valence-electron chi connectivity index (χ3n) is 2.34. The normalized spacial score (nSPS) is 12.7. The van der Waals surface area contributed by atoms with Crippen molar-refractivity contribution in [3.05, 3.63) is 24.3 Å². The number of anilines is 1. The van der Waals surface area contributed by atoms with Crippen molar-refractivity contribution >= 4 is 15.7 Å². The van der Waals surface area contributed by atoms with Crippen LogP contribution in [0.1, 0.15) is 20.3 Å². The Hall–Kier alpha value is -1.51. The number of benzene rings is 1. The molecule has 1 atom stereocenters. The van der Waals surface area contributed by atoms with Gasteiger partial charge in [0, 0.05) is 24.7 Å². The molecule has 1 rings (SSSR count). The molecule has 0 spiro atoms. The summed E-state index contributed by atoms with van der Waals surface area (Å²) in [6, 6.07) is 6.77. The Morgan fingerprint density at radius 2 is 1.94 bits per heavy atom. The highest BCUT2D eigenvalue weighted by molar-refractivity contribution is 7.89. The number of sulfonamides is 1. The van der Waals surface area contributed by atoms with E-state index in [1.165, 1.54) is 0 Å². The number of rotatable bonds is 6. The molecule has 0 saturated carbocycles. The van der Waals surface area contributed by atoms with E-state index in [4.69, 9.17) is 6.42 Å². The van der Waals surface area contributed by atoms with Crippen LogP contribution in [0.2, 0.25) is 0 Å². The maximum Gasteiger partial charge on any atom is 0.240 e. The summed E-state index contributed by atoms with van der Waals surface area (Å²) in [5, 5.41) is 3.20. The average molecular weight is 266 g/mol. The maximum absolute atomic E-state index is 11.7. The molecule has 0 heterocycles. The molecule has 1 aromatic carbocycles. The third-order valence-corrected chi connectivity index (χ3v) is 3.90. The molecule has 98 valence electrons. The fraction of sp³-hybridized carbons (Fsp3) is 0.385. The first-order valence-corrected chi connectivity index (χ1v) is 7.27. The van der Waals surface area contributed by atoms with Gasteiger partial charge in [-0.3, -0.25) is 0 Å². The van der Waals surface area contributed by atoms with Gasteiger partial charge in [0.15, 0.2) is 0 Å². The van der Waals surface area contributed by atoms with Crippen LogP contribution in [0.3, 0.4) is 0 Å². The van der Waals surface area contributed by atoms with Gasteiger partial charge >= 0.3 is 0 Å². The van der Waals surface area contributed by atoms with Gasteiger partial charge in [-0.15, -0.1) is 12.3 Å². The lowest BCUT2D eigenvalue weighted by Gasteiger charge is -2.13. The van der Waals surface area contributed by atoms with Crippen LogP contribution in [0.25, 0.3) is 0 Å². The summed E-state index contributed by atoms with van der Waals surface area (Å²) in [5.74, 6) is 2.57. The minimum atomic E-state index is -3.38. The first-order valence-electron chi connectivity index (χ1n) is 5.79. The quantitative estimate of drug-likeness (QED) is 0.772. The second kappa shape index (κ2) is 6.43.